The molecule has 0 saturated carbocycles. The minimum Gasteiger partial charge on any atom is -0.392 e. The number of nitrogens with one attached hydrogen (secondary N) is 2. The highest BCUT2D eigenvalue weighted by molar-refractivity contribution is 7.90. The molecule has 0 amide bonds. The van der Waals surface area contributed by atoms with Gasteiger partial charge in [-0.2, -0.15) is 8.42 Å². The predicted octanol–water partition coefficient (Wildman–Crippen LogP) is 0.0550. The van der Waals surface area contributed by atoms with Gasteiger partial charge in [0.1, 0.15) is 0 Å². The summed E-state index contributed by atoms with van der Waals surface area (Å²) in [5.74, 6) is 0. The highest BCUT2D eigenvalue weighted by atomic mass is 32.2. The molecule has 5 nitrogen and oxygen atoms in total. The van der Waals surface area contributed by atoms with E-state index in [9.17, 15) is 8.42 Å². The van der Waals surface area contributed by atoms with Crippen molar-refractivity contribution in [2.45, 2.75) is 6.61 Å². The van der Waals surface area contributed by atoms with Crippen LogP contribution in [0.4, 0.5) is 5.69 Å². The van der Waals surface area contributed by atoms with Crippen LogP contribution in [-0.2, 0) is 16.8 Å². The van der Waals surface area contributed by atoms with E-state index in [0.29, 0.717) is 11.3 Å². The van der Waals surface area contributed by atoms with Gasteiger partial charge in [0.05, 0.1) is 12.3 Å². The fraction of sp³-hybridized carbons (Fsp3) is 0.250. The normalized spacial score (nSPS) is 11.3. The van der Waals surface area contributed by atoms with E-state index in [2.05, 4.69) is 9.44 Å². The zero-order chi connectivity index (χ0) is 10.6. The van der Waals surface area contributed by atoms with Crippen LogP contribution in [0.3, 0.4) is 0 Å². The van der Waals surface area contributed by atoms with E-state index >= 15 is 0 Å². The van der Waals surface area contributed by atoms with E-state index in [-0.39, 0.29) is 6.61 Å². The van der Waals surface area contributed by atoms with Gasteiger partial charge in [0.2, 0.25) is 0 Å². The second kappa shape index (κ2) is 4.41. The summed E-state index contributed by atoms with van der Waals surface area (Å²) in [5, 5.41) is 8.82. The Balaban J connectivity index is 2.87. The number of anilines is 1. The highest BCUT2D eigenvalue weighted by Gasteiger charge is 2.05. The molecular weight excluding hydrogens is 204 g/mol. The maximum atomic E-state index is 11.1. The van der Waals surface area contributed by atoms with Gasteiger partial charge in [-0.3, -0.25) is 4.72 Å². The van der Waals surface area contributed by atoms with Gasteiger partial charge in [-0.05, 0) is 17.7 Å². The number of hydrogen-bond acceptors (Lipinski definition) is 3. The van der Waals surface area contributed by atoms with E-state index in [0.717, 1.165) is 0 Å². The molecule has 0 radical (unpaired) electrons. The monoisotopic (exact) mass is 216 g/mol. The van der Waals surface area contributed by atoms with Crippen LogP contribution in [0.15, 0.2) is 24.3 Å². The van der Waals surface area contributed by atoms with Gasteiger partial charge in [-0.25, -0.2) is 4.72 Å². The Morgan fingerprint density at radius 2 is 2.14 bits per heavy atom. The molecule has 0 bridgehead atoms. The van der Waals surface area contributed by atoms with Crippen molar-refractivity contribution in [2.75, 3.05) is 11.8 Å². The quantitative estimate of drug-likeness (QED) is 0.665. The molecule has 78 valence electrons. The fourth-order valence-electron chi connectivity index (χ4n) is 0.939. The summed E-state index contributed by atoms with van der Waals surface area (Å²) >= 11 is 0. The first-order valence-electron chi connectivity index (χ1n) is 3.98. The Morgan fingerprint density at radius 1 is 1.43 bits per heavy atom. The molecular formula is C8H12N2O3S. The van der Waals surface area contributed by atoms with E-state index in [1.54, 1.807) is 24.3 Å². The molecule has 0 spiro atoms. The molecule has 0 heterocycles. The largest absolute Gasteiger partial charge is 0.392 e. The van der Waals surface area contributed by atoms with Crippen LogP contribution in [0.1, 0.15) is 5.56 Å². The van der Waals surface area contributed by atoms with Gasteiger partial charge >= 0.3 is 0 Å². The summed E-state index contributed by atoms with van der Waals surface area (Å²) in [4.78, 5) is 0. The summed E-state index contributed by atoms with van der Waals surface area (Å²) in [7, 11) is -2.16. The Labute approximate surface area is 83.0 Å². The van der Waals surface area contributed by atoms with Crippen molar-refractivity contribution >= 4 is 15.9 Å². The van der Waals surface area contributed by atoms with Crippen LogP contribution in [-0.4, -0.2) is 20.6 Å². The molecule has 6 heteroatoms. The molecule has 0 aromatic heterocycles. The van der Waals surface area contributed by atoms with Gasteiger partial charge in [0.25, 0.3) is 10.2 Å². The standard InChI is InChI=1S/C8H12N2O3S/c1-9-14(12,13)10-8-4-2-3-7(5-8)6-11/h2-5,9-11H,6H2,1H3. The Hall–Kier alpha value is -1.11. The SMILES string of the molecule is CNS(=O)(=O)Nc1cccc(CO)c1. The first kappa shape index (κ1) is 11.0. The Morgan fingerprint density at radius 3 is 2.71 bits per heavy atom. The lowest BCUT2D eigenvalue weighted by atomic mass is 10.2. The van der Waals surface area contributed by atoms with Crippen molar-refractivity contribution in [3.8, 4) is 0 Å². The van der Waals surface area contributed by atoms with E-state index in [1.165, 1.54) is 7.05 Å². The molecule has 14 heavy (non-hydrogen) atoms. The Bertz CT molecular complexity index is 403. The molecule has 0 aliphatic carbocycles. The van der Waals surface area contributed by atoms with Crippen molar-refractivity contribution < 1.29 is 13.5 Å². The number of hydrogen-bond donors (Lipinski definition) is 3. The summed E-state index contributed by atoms with van der Waals surface area (Å²) in [5.41, 5.74) is 1.08. The zero-order valence-corrected chi connectivity index (χ0v) is 8.50. The predicted molar refractivity (Wildman–Crippen MR) is 54.0 cm³/mol. The van der Waals surface area contributed by atoms with Crippen LogP contribution in [0.2, 0.25) is 0 Å². The maximum Gasteiger partial charge on any atom is 0.298 e. The molecule has 0 saturated heterocycles. The second-order valence-electron chi connectivity index (χ2n) is 2.67. The smallest absolute Gasteiger partial charge is 0.298 e. The number of aliphatic hydroxyl groups excluding tert-OH is 1. The molecule has 3 N–H and O–H groups in total. The summed E-state index contributed by atoms with van der Waals surface area (Å²) < 4.78 is 26.6. The lowest BCUT2D eigenvalue weighted by Crippen LogP contribution is -2.26. The third kappa shape index (κ3) is 2.99. The average Bonchev–Trinajstić information content (AvgIpc) is 2.17. The Kier molecular flexibility index (Phi) is 3.45. The molecule has 0 aliphatic heterocycles. The first-order chi connectivity index (χ1) is 6.57. The third-order valence-corrected chi connectivity index (χ3v) is 2.67. The van der Waals surface area contributed by atoms with Crippen LogP contribution >= 0.6 is 0 Å². The molecule has 0 fully saturated rings. The average molecular weight is 216 g/mol. The minimum atomic E-state index is -3.48. The van der Waals surface area contributed by atoms with Crippen molar-refractivity contribution in [1.82, 2.24) is 4.72 Å². The number of benzene rings is 1. The van der Waals surface area contributed by atoms with Crippen molar-refractivity contribution in [3.63, 3.8) is 0 Å². The van der Waals surface area contributed by atoms with Gasteiger partial charge in [-0.15, -0.1) is 0 Å². The van der Waals surface area contributed by atoms with Crippen LogP contribution in [0, 0.1) is 0 Å². The molecule has 0 aliphatic rings. The topological polar surface area (TPSA) is 78.4 Å². The fourth-order valence-corrected chi connectivity index (χ4v) is 1.48. The van der Waals surface area contributed by atoms with Gasteiger partial charge in [-0.1, -0.05) is 12.1 Å². The maximum absolute atomic E-state index is 11.1. The zero-order valence-electron chi connectivity index (χ0n) is 7.69. The molecule has 1 aromatic carbocycles. The van der Waals surface area contributed by atoms with Crippen molar-refractivity contribution in [3.05, 3.63) is 29.8 Å². The lowest BCUT2D eigenvalue weighted by molar-refractivity contribution is 0.282. The highest BCUT2D eigenvalue weighted by Crippen LogP contribution is 2.11. The van der Waals surface area contributed by atoms with Gasteiger partial charge < -0.3 is 5.11 Å². The van der Waals surface area contributed by atoms with E-state index in [4.69, 9.17) is 5.11 Å². The van der Waals surface area contributed by atoms with Crippen LogP contribution in [0.5, 0.6) is 0 Å². The first-order valence-corrected chi connectivity index (χ1v) is 5.47. The number of aliphatic hydroxyl groups is 1. The summed E-state index contributed by atoms with van der Waals surface area (Å²) in [6.07, 6.45) is 0. The van der Waals surface area contributed by atoms with Gasteiger partial charge in [0.15, 0.2) is 0 Å². The van der Waals surface area contributed by atoms with Crippen LogP contribution < -0.4 is 9.44 Å². The van der Waals surface area contributed by atoms with Crippen molar-refractivity contribution in [2.24, 2.45) is 0 Å². The molecule has 0 atom stereocenters. The van der Waals surface area contributed by atoms with E-state index in [1.807, 2.05) is 0 Å². The van der Waals surface area contributed by atoms with Gasteiger partial charge in [0, 0.05) is 7.05 Å². The van der Waals surface area contributed by atoms with Crippen molar-refractivity contribution in [1.29, 1.82) is 0 Å². The molecule has 1 aromatic rings. The minimum absolute atomic E-state index is 0.116. The summed E-state index contributed by atoms with van der Waals surface area (Å²) in [6, 6.07) is 6.54. The van der Waals surface area contributed by atoms with E-state index < -0.39 is 10.2 Å². The molecule has 0 unspecified atom stereocenters. The number of rotatable bonds is 4. The lowest BCUT2D eigenvalue weighted by Gasteiger charge is -2.06. The van der Waals surface area contributed by atoms with Crippen LogP contribution in [0.25, 0.3) is 0 Å². The molecule has 1 rings (SSSR count). The third-order valence-electron chi connectivity index (χ3n) is 1.63. The second-order valence-corrected chi connectivity index (χ2v) is 4.29. The summed E-state index contributed by atoms with van der Waals surface area (Å²) in [6.45, 7) is -0.116.